The summed E-state index contributed by atoms with van der Waals surface area (Å²) in [6.45, 7) is 1.46. The lowest BCUT2D eigenvalue weighted by Crippen LogP contribution is -2.23. The maximum absolute atomic E-state index is 12.6. The van der Waals surface area contributed by atoms with Gasteiger partial charge in [0.2, 0.25) is 12.1 Å². The Hall–Kier alpha value is -1.61. The van der Waals surface area contributed by atoms with Gasteiger partial charge < -0.3 is 4.90 Å². The molecule has 0 bridgehead atoms. The van der Waals surface area contributed by atoms with Gasteiger partial charge >= 0.3 is 0 Å². The number of aromatic nitrogens is 1. The van der Waals surface area contributed by atoms with E-state index in [9.17, 15) is 4.39 Å². The molecule has 2 rings (SSSR count). The van der Waals surface area contributed by atoms with E-state index in [4.69, 9.17) is 5.26 Å². The highest BCUT2D eigenvalue weighted by atomic mass is 32.2. The third-order valence-electron chi connectivity index (χ3n) is 2.17. The van der Waals surface area contributed by atoms with Crippen molar-refractivity contribution in [1.29, 1.82) is 5.26 Å². The summed E-state index contributed by atoms with van der Waals surface area (Å²) < 4.78 is 12.6. The maximum Gasteiger partial charge on any atom is 0.212 e. The summed E-state index contributed by atoms with van der Waals surface area (Å²) in [5, 5.41) is 9.24. The van der Waals surface area contributed by atoms with E-state index in [2.05, 4.69) is 9.98 Å². The molecule has 2 heterocycles. The number of thioether (sulfide) groups is 1. The molecule has 1 saturated heterocycles. The van der Waals surface area contributed by atoms with Crippen molar-refractivity contribution in [2.75, 3.05) is 12.3 Å². The topological polar surface area (TPSA) is 52.3 Å². The van der Waals surface area contributed by atoms with Crippen molar-refractivity contribution in [2.45, 2.75) is 6.54 Å². The van der Waals surface area contributed by atoms with Crippen LogP contribution in [0.4, 0.5) is 4.39 Å². The third-order valence-corrected chi connectivity index (χ3v) is 3.16. The summed E-state index contributed by atoms with van der Waals surface area (Å²) >= 11 is 1.56. The average Bonchev–Trinajstić information content (AvgIpc) is 2.70. The number of nitrogens with zero attached hydrogens (tertiary/aromatic N) is 4. The normalized spacial score (nSPS) is 17.8. The van der Waals surface area contributed by atoms with Crippen molar-refractivity contribution in [3.05, 3.63) is 29.8 Å². The van der Waals surface area contributed by atoms with E-state index in [1.807, 2.05) is 4.90 Å². The van der Waals surface area contributed by atoms with Gasteiger partial charge in [0.15, 0.2) is 5.17 Å². The van der Waals surface area contributed by atoms with Gasteiger partial charge in [-0.1, -0.05) is 17.8 Å². The van der Waals surface area contributed by atoms with Crippen LogP contribution in [0.3, 0.4) is 0 Å². The molecule has 0 aliphatic carbocycles. The smallest absolute Gasteiger partial charge is 0.212 e. The van der Waals surface area contributed by atoms with Gasteiger partial charge in [-0.15, -0.1) is 4.99 Å². The zero-order valence-corrected chi connectivity index (χ0v) is 9.24. The van der Waals surface area contributed by atoms with Crippen molar-refractivity contribution in [1.82, 2.24) is 9.88 Å². The van der Waals surface area contributed by atoms with E-state index in [1.54, 1.807) is 24.0 Å². The predicted octanol–water partition coefficient (Wildman–Crippen LogP) is 1.61. The van der Waals surface area contributed by atoms with E-state index in [1.165, 1.54) is 12.3 Å². The molecule has 0 unspecified atom stereocenters. The van der Waals surface area contributed by atoms with Crippen LogP contribution in [0.5, 0.6) is 0 Å². The van der Waals surface area contributed by atoms with E-state index < -0.39 is 5.95 Å². The van der Waals surface area contributed by atoms with Crippen molar-refractivity contribution in [2.24, 2.45) is 4.99 Å². The lowest BCUT2D eigenvalue weighted by molar-refractivity contribution is 0.455. The number of nitriles is 1. The van der Waals surface area contributed by atoms with Crippen LogP contribution in [-0.4, -0.2) is 27.3 Å². The molecule has 1 aliphatic heterocycles. The Labute approximate surface area is 96.8 Å². The molecule has 16 heavy (non-hydrogen) atoms. The van der Waals surface area contributed by atoms with Crippen LogP contribution in [0.15, 0.2) is 23.3 Å². The standard InChI is InChI=1S/C10H9FN4S/c11-9-2-1-8(5-13-9)6-15-3-4-16-10(15)14-7-12/h1-2,5H,3-4,6H2/b14-10+. The van der Waals surface area contributed by atoms with E-state index in [0.717, 1.165) is 23.0 Å². The fourth-order valence-electron chi connectivity index (χ4n) is 1.45. The Morgan fingerprint density at radius 2 is 2.50 bits per heavy atom. The van der Waals surface area contributed by atoms with E-state index in [-0.39, 0.29) is 0 Å². The lowest BCUT2D eigenvalue weighted by atomic mass is 10.3. The van der Waals surface area contributed by atoms with Crippen LogP contribution in [0.2, 0.25) is 0 Å². The molecule has 1 fully saturated rings. The van der Waals surface area contributed by atoms with Gasteiger partial charge in [0, 0.05) is 25.0 Å². The van der Waals surface area contributed by atoms with E-state index in [0.29, 0.717) is 6.54 Å². The molecule has 0 amide bonds. The van der Waals surface area contributed by atoms with Gasteiger partial charge in [-0.25, -0.2) is 4.98 Å². The second kappa shape index (κ2) is 4.94. The Bertz CT molecular complexity index is 437. The molecule has 0 radical (unpaired) electrons. The SMILES string of the molecule is N#C/N=C1/SCCN1Cc1ccc(F)nc1. The first kappa shape index (κ1) is 10.9. The summed E-state index contributed by atoms with van der Waals surface area (Å²) in [5.41, 5.74) is 0.912. The number of rotatable bonds is 2. The molecule has 0 atom stereocenters. The molecule has 0 saturated carbocycles. The Balaban J connectivity index is 2.07. The molecule has 6 heteroatoms. The molecule has 0 N–H and O–H groups in total. The number of pyridine rings is 1. The molecule has 82 valence electrons. The molecule has 0 spiro atoms. The van der Waals surface area contributed by atoms with Crippen LogP contribution in [0.25, 0.3) is 0 Å². The van der Waals surface area contributed by atoms with Crippen molar-refractivity contribution in [3.8, 4) is 6.19 Å². The first-order valence-electron chi connectivity index (χ1n) is 4.74. The molecular weight excluding hydrogens is 227 g/mol. The van der Waals surface area contributed by atoms with Crippen LogP contribution < -0.4 is 0 Å². The highest BCUT2D eigenvalue weighted by Crippen LogP contribution is 2.20. The Morgan fingerprint density at radius 3 is 3.19 bits per heavy atom. The number of hydrogen-bond acceptors (Lipinski definition) is 4. The van der Waals surface area contributed by atoms with Gasteiger partial charge in [0.05, 0.1) is 0 Å². The maximum atomic E-state index is 12.6. The minimum Gasteiger partial charge on any atom is -0.345 e. The van der Waals surface area contributed by atoms with Gasteiger partial charge in [-0.05, 0) is 11.6 Å². The zero-order valence-electron chi connectivity index (χ0n) is 8.43. The molecule has 1 aromatic rings. The minimum atomic E-state index is -0.481. The van der Waals surface area contributed by atoms with Crippen LogP contribution in [0.1, 0.15) is 5.56 Å². The molecule has 0 aromatic carbocycles. The summed E-state index contributed by atoms with van der Waals surface area (Å²) in [7, 11) is 0. The van der Waals surface area contributed by atoms with E-state index >= 15 is 0 Å². The van der Waals surface area contributed by atoms with Gasteiger partial charge in [0.1, 0.15) is 0 Å². The van der Waals surface area contributed by atoms with Gasteiger partial charge in [-0.2, -0.15) is 9.65 Å². The summed E-state index contributed by atoms with van der Waals surface area (Å²) in [5.74, 6) is 0.445. The minimum absolute atomic E-state index is 0.481. The molecule has 1 aromatic heterocycles. The third kappa shape index (κ3) is 2.49. The van der Waals surface area contributed by atoms with Crippen LogP contribution in [0, 0.1) is 17.4 Å². The molecular formula is C10H9FN4S. The highest BCUT2D eigenvalue weighted by Gasteiger charge is 2.19. The number of hydrogen-bond donors (Lipinski definition) is 0. The first-order chi connectivity index (χ1) is 7.79. The second-order valence-corrected chi connectivity index (χ2v) is 4.32. The zero-order chi connectivity index (χ0) is 11.4. The summed E-state index contributed by atoms with van der Waals surface area (Å²) in [6.07, 6.45) is 3.29. The summed E-state index contributed by atoms with van der Waals surface area (Å²) in [4.78, 5) is 9.31. The van der Waals surface area contributed by atoms with Crippen LogP contribution in [-0.2, 0) is 6.54 Å². The fourth-order valence-corrected chi connectivity index (χ4v) is 2.38. The van der Waals surface area contributed by atoms with Crippen molar-refractivity contribution in [3.63, 3.8) is 0 Å². The predicted molar refractivity (Wildman–Crippen MR) is 60.1 cm³/mol. The van der Waals surface area contributed by atoms with Gasteiger partial charge in [0.25, 0.3) is 0 Å². The van der Waals surface area contributed by atoms with Crippen molar-refractivity contribution < 1.29 is 4.39 Å². The molecule has 1 aliphatic rings. The number of amidine groups is 1. The number of halogens is 1. The average molecular weight is 236 g/mol. The fraction of sp³-hybridized carbons (Fsp3) is 0.300. The quantitative estimate of drug-likeness (QED) is 0.578. The monoisotopic (exact) mass is 236 g/mol. The number of aliphatic imine (C=N–C) groups is 1. The van der Waals surface area contributed by atoms with Crippen molar-refractivity contribution >= 4 is 16.9 Å². The first-order valence-corrected chi connectivity index (χ1v) is 5.73. The Kier molecular flexibility index (Phi) is 3.37. The lowest BCUT2D eigenvalue weighted by Gasteiger charge is -2.16. The van der Waals surface area contributed by atoms with Gasteiger partial charge in [-0.3, -0.25) is 0 Å². The molecule has 4 nitrogen and oxygen atoms in total. The summed E-state index contributed by atoms with van der Waals surface area (Å²) in [6, 6.07) is 3.02. The van der Waals surface area contributed by atoms with Crippen LogP contribution >= 0.6 is 11.8 Å². The Morgan fingerprint density at radius 1 is 1.62 bits per heavy atom. The second-order valence-electron chi connectivity index (χ2n) is 3.25. The highest BCUT2D eigenvalue weighted by molar-refractivity contribution is 8.14. The largest absolute Gasteiger partial charge is 0.345 e.